The van der Waals surface area contributed by atoms with Crippen molar-refractivity contribution in [2.45, 2.75) is 12.7 Å². The molecule has 0 bridgehead atoms. The molecule has 23 heavy (non-hydrogen) atoms. The van der Waals surface area contributed by atoms with Gasteiger partial charge in [-0.1, -0.05) is 0 Å². The van der Waals surface area contributed by atoms with Gasteiger partial charge < -0.3 is 10.1 Å². The number of carbonyl (C=O) groups is 2. The second kappa shape index (κ2) is 8.33. The van der Waals surface area contributed by atoms with Crippen LogP contribution in [0.1, 0.15) is 22.8 Å². The van der Waals surface area contributed by atoms with E-state index in [1.54, 1.807) is 43.8 Å². The van der Waals surface area contributed by atoms with E-state index in [4.69, 9.17) is 4.74 Å². The summed E-state index contributed by atoms with van der Waals surface area (Å²) in [6, 6.07) is 8.81. The molecule has 0 aliphatic carbocycles. The van der Waals surface area contributed by atoms with Gasteiger partial charge in [-0.2, -0.15) is 0 Å². The van der Waals surface area contributed by atoms with Crippen molar-refractivity contribution in [1.29, 1.82) is 0 Å². The van der Waals surface area contributed by atoms with Gasteiger partial charge in [0.15, 0.2) is 5.78 Å². The van der Waals surface area contributed by atoms with Gasteiger partial charge in [-0.15, -0.1) is 11.8 Å². The molecule has 120 valence electrons. The van der Waals surface area contributed by atoms with Gasteiger partial charge in [-0.25, -0.2) is 0 Å². The third kappa shape index (κ3) is 5.10. The van der Waals surface area contributed by atoms with Crippen molar-refractivity contribution < 1.29 is 14.3 Å². The van der Waals surface area contributed by atoms with Crippen LogP contribution in [0.4, 0.5) is 5.69 Å². The summed E-state index contributed by atoms with van der Waals surface area (Å²) in [7, 11) is 1.59. The second-order valence-corrected chi connectivity index (χ2v) is 5.85. The van der Waals surface area contributed by atoms with E-state index in [1.165, 1.54) is 18.7 Å². The van der Waals surface area contributed by atoms with Crippen LogP contribution in [-0.2, 0) is 10.5 Å². The third-order valence-corrected chi connectivity index (χ3v) is 4.12. The molecule has 0 saturated carbocycles. The molecule has 1 heterocycles. The minimum absolute atomic E-state index is 0.00864. The Morgan fingerprint density at radius 3 is 2.61 bits per heavy atom. The summed E-state index contributed by atoms with van der Waals surface area (Å²) < 4.78 is 5.30. The SMILES string of the molecule is COc1ccc(C(C)=O)cc1CSCC(=O)Nc1ccncc1. The van der Waals surface area contributed by atoms with E-state index in [2.05, 4.69) is 10.3 Å². The van der Waals surface area contributed by atoms with Gasteiger partial charge in [0, 0.05) is 35.0 Å². The lowest BCUT2D eigenvalue weighted by Crippen LogP contribution is -2.14. The highest BCUT2D eigenvalue weighted by molar-refractivity contribution is 7.99. The maximum Gasteiger partial charge on any atom is 0.234 e. The minimum Gasteiger partial charge on any atom is -0.496 e. The predicted octanol–water partition coefficient (Wildman–Crippen LogP) is 3.16. The number of hydrogen-bond donors (Lipinski definition) is 1. The fourth-order valence-electron chi connectivity index (χ4n) is 2.00. The lowest BCUT2D eigenvalue weighted by atomic mass is 10.1. The summed E-state index contributed by atoms with van der Waals surface area (Å²) in [4.78, 5) is 27.3. The number of rotatable bonds is 7. The van der Waals surface area contributed by atoms with Crippen LogP contribution < -0.4 is 10.1 Å². The summed E-state index contributed by atoms with van der Waals surface area (Å²) in [6.45, 7) is 1.53. The monoisotopic (exact) mass is 330 g/mol. The maximum atomic E-state index is 11.9. The zero-order chi connectivity index (χ0) is 16.7. The number of carbonyl (C=O) groups excluding carboxylic acids is 2. The first-order valence-electron chi connectivity index (χ1n) is 7.05. The highest BCUT2D eigenvalue weighted by atomic mass is 32.2. The lowest BCUT2D eigenvalue weighted by Gasteiger charge is -2.10. The Morgan fingerprint density at radius 1 is 1.22 bits per heavy atom. The van der Waals surface area contributed by atoms with Crippen LogP contribution in [-0.4, -0.2) is 29.5 Å². The van der Waals surface area contributed by atoms with E-state index in [9.17, 15) is 9.59 Å². The molecule has 2 rings (SSSR count). The third-order valence-electron chi connectivity index (χ3n) is 3.14. The Bertz CT molecular complexity index is 689. The highest BCUT2D eigenvalue weighted by Crippen LogP contribution is 2.25. The number of amides is 1. The van der Waals surface area contributed by atoms with Gasteiger partial charge in [0.2, 0.25) is 5.91 Å². The number of anilines is 1. The second-order valence-electron chi connectivity index (χ2n) is 4.86. The van der Waals surface area contributed by atoms with E-state index in [-0.39, 0.29) is 11.7 Å². The average Bonchev–Trinajstić information content (AvgIpc) is 2.55. The molecule has 2 aromatic rings. The average molecular weight is 330 g/mol. The van der Waals surface area contributed by atoms with Crippen LogP contribution in [0.5, 0.6) is 5.75 Å². The molecule has 1 N–H and O–H groups in total. The number of hydrogen-bond acceptors (Lipinski definition) is 5. The summed E-state index contributed by atoms with van der Waals surface area (Å²) in [5.41, 5.74) is 2.27. The molecule has 0 fully saturated rings. The van der Waals surface area contributed by atoms with Crippen molar-refractivity contribution in [3.63, 3.8) is 0 Å². The lowest BCUT2D eigenvalue weighted by molar-refractivity contribution is -0.113. The van der Waals surface area contributed by atoms with Gasteiger partial charge in [0.05, 0.1) is 12.9 Å². The first-order chi connectivity index (χ1) is 11.1. The van der Waals surface area contributed by atoms with Crippen LogP contribution in [0.25, 0.3) is 0 Å². The van der Waals surface area contributed by atoms with Gasteiger partial charge in [0.25, 0.3) is 0 Å². The number of ketones is 1. The first kappa shape index (κ1) is 17.0. The number of pyridine rings is 1. The number of ether oxygens (including phenoxy) is 1. The summed E-state index contributed by atoms with van der Waals surface area (Å²) in [6.07, 6.45) is 3.25. The fraction of sp³-hybridized carbons (Fsp3) is 0.235. The number of aromatic nitrogens is 1. The molecule has 0 unspecified atom stereocenters. The van der Waals surface area contributed by atoms with E-state index < -0.39 is 0 Å². The Morgan fingerprint density at radius 2 is 1.96 bits per heavy atom. The molecule has 0 spiro atoms. The molecule has 5 nitrogen and oxygen atoms in total. The zero-order valence-corrected chi connectivity index (χ0v) is 13.9. The van der Waals surface area contributed by atoms with Crippen molar-refractivity contribution in [3.8, 4) is 5.75 Å². The van der Waals surface area contributed by atoms with Crippen LogP contribution in [0.2, 0.25) is 0 Å². The number of methoxy groups -OCH3 is 1. The van der Waals surface area contributed by atoms with Crippen molar-refractivity contribution in [2.24, 2.45) is 0 Å². The number of benzene rings is 1. The van der Waals surface area contributed by atoms with Gasteiger partial charge >= 0.3 is 0 Å². The van der Waals surface area contributed by atoms with Crippen molar-refractivity contribution in [3.05, 3.63) is 53.9 Å². The molecule has 0 aliphatic rings. The van der Waals surface area contributed by atoms with Crippen LogP contribution in [0.15, 0.2) is 42.7 Å². The van der Waals surface area contributed by atoms with Crippen molar-refractivity contribution >= 4 is 29.1 Å². The van der Waals surface area contributed by atoms with E-state index in [0.29, 0.717) is 17.1 Å². The van der Waals surface area contributed by atoms with Gasteiger partial charge in [0.1, 0.15) is 5.75 Å². The Kier molecular flexibility index (Phi) is 6.17. The summed E-state index contributed by atoms with van der Waals surface area (Å²) >= 11 is 1.46. The van der Waals surface area contributed by atoms with Gasteiger partial charge in [-0.05, 0) is 37.3 Å². The zero-order valence-electron chi connectivity index (χ0n) is 13.0. The Labute approximate surface area is 139 Å². The topological polar surface area (TPSA) is 68.3 Å². The first-order valence-corrected chi connectivity index (χ1v) is 8.21. The number of Topliss-reactive ketones (excluding diaryl/α,β-unsaturated/α-hetero) is 1. The highest BCUT2D eigenvalue weighted by Gasteiger charge is 2.09. The molecule has 1 aromatic heterocycles. The molecule has 0 atom stereocenters. The molecule has 6 heteroatoms. The Hall–Kier alpha value is -2.34. The number of thioether (sulfide) groups is 1. The maximum absolute atomic E-state index is 11.9. The van der Waals surface area contributed by atoms with Crippen LogP contribution in [0.3, 0.4) is 0 Å². The molecular formula is C17H18N2O3S. The summed E-state index contributed by atoms with van der Waals surface area (Å²) in [5.74, 6) is 1.55. The predicted molar refractivity (Wildman–Crippen MR) is 92.0 cm³/mol. The van der Waals surface area contributed by atoms with E-state index in [0.717, 1.165) is 17.0 Å². The molecule has 0 aliphatic heterocycles. The van der Waals surface area contributed by atoms with Gasteiger partial charge in [-0.3, -0.25) is 14.6 Å². The number of nitrogens with zero attached hydrogens (tertiary/aromatic N) is 1. The fourth-order valence-corrected chi connectivity index (χ4v) is 2.80. The smallest absolute Gasteiger partial charge is 0.234 e. The van der Waals surface area contributed by atoms with Crippen molar-refractivity contribution in [2.75, 3.05) is 18.2 Å². The largest absolute Gasteiger partial charge is 0.496 e. The van der Waals surface area contributed by atoms with E-state index >= 15 is 0 Å². The molecule has 0 saturated heterocycles. The summed E-state index contributed by atoms with van der Waals surface area (Å²) in [5, 5.41) is 2.80. The number of nitrogens with one attached hydrogen (secondary N) is 1. The van der Waals surface area contributed by atoms with E-state index in [1.807, 2.05) is 6.07 Å². The molecule has 1 amide bonds. The molecule has 0 radical (unpaired) electrons. The molecular weight excluding hydrogens is 312 g/mol. The Balaban J connectivity index is 1.91. The quantitative estimate of drug-likeness (QED) is 0.790. The van der Waals surface area contributed by atoms with Crippen LogP contribution in [0, 0.1) is 0 Å². The minimum atomic E-state index is -0.0807. The standard InChI is InChI=1S/C17H18N2O3S/c1-12(20)13-3-4-16(22-2)14(9-13)10-23-11-17(21)19-15-5-7-18-8-6-15/h3-9H,10-11H2,1-2H3,(H,18,19,21). The normalized spacial score (nSPS) is 10.2. The molecule has 1 aromatic carbocycles. The van der Waals surface area contributed by atoms with Crippen LogP contribution >= 0.6 is 11.8 Å². The van der Waals surface area contributed by atoms with Crippen molar-refractivity contribution in [1.82, 2.24) is 4.98 Å².